The molecule has 0 atom stereocenters. The summed E-state index contributed by atoms with van der Waals surface area (Å²) in [6, 6.07) is 6.49. The smallest absolute Gasteiger partial charge is 0.123 e. The van der Waals surface area contributed by atoms with E-state index in [0.29, 0.717) is 5.92 Å². The summed E-state index contributed by atoms with van der Waals surface area (Å²) in [6.07, 6.45) is 2.31. The van der Waals surface area contributed by atoms with Crippen molar-refractivity contribution in [2.24, 2.45) is 5.73 Å². The summed E-state index contributed by atoms with van der Waals surface area (Å²) in [6.45, 7) is 6.29. The van der Waals surface area contributed by atoms with Crippen molar-refractivity contribution in [3.05, 3.63) is 29.3 Å². The fourth-order valence-electron chi connectivity index (χ4n) is 2.48. The molecule has 106 valence electrons. The van der Waals surface area contributed by atoms with E-state index in [1.807, 2.05) is 0 Å². The van der Waals surface area contributed by atoms with Gasteiger partial charge < -0.3 is 15.4 Å². The van der Waals surface area contributed by atoms with E-state index in [2.05, 4.69) is 44.0 Å². The molecule has 1 aromatic carbocycles. The van der Waals surface area contributed by atoms with Crippen LogP contribution in [0.1, 0.15) is 43.7 Å². The molecular weight excluding hydrogens is 236 g/mol. The zero-order valence-corrected chi connectivity index (χ0v) is 12.6. The van der Waals surface area contributed by atoms with Gasteiger partial charge in [-0.05, 0) is 37.4 Å². The van der Waals surface area contributed by atoms with Crippen molar-refractivity contribution in [2.75, 3.05) is 20.7 Å². The molecule has 2 rings (SSSR count). The molecule has 0 aromatic heterocycles. The number of rotatable bonds is 6. The molecule has 1 fully saturated rings. The maximum atomic E-state index is 6.18. The predicted molar refractivity (Wildman–Crippen MR) is 79.6 cm³/mol. The van der Waals surface area contributed by atoms with E-state index >= 15 is 0 Å². The molecule has 0 spiro atoms. The lowest BCUT2D eigenvalue weighted by atomic mass is 10.00. The second-order valence-electron chi connectivity index (χ2n) is 6.26. The zero-order chi connectivity index (χ0) is 14.0. The Morgan fingerprint density at radius 2 is 2.05 bits per heavy atom. The van der Waals surface area contributed by atoms with Gasteiger partial charge in [0.15, 0.2) is 0 Å². The Morgan fingerprint density at radius 1 is 1.37 bits per heavy atom. The molecule has 0 aliphatic heterocycles. The number of ether oxygens (including phenoxy) is 1. The normalized spacial score (nSPS) is 17.0. The van der Waals surface area contributed by atoms with E-state index in [0.717, 1.165) is 31.7 Å². The maximum absolute atomic E-state index is 6.18. The summed E-state index contributed by atoms with van der Waals surface area (Å²) < 4.78 is 5.47. The Balaban J connectivity index is 2.10. The first kappa shape index (κ1) is 14.4. The summed E-state index contributed by atoms with van der Waals surface area (Å²) in [7, 11) is 3.87. The average Bonchev–Trinajstić information content (AvgIpc) is 3.06. The van der Waals surface area contributed by atoms with Gasteiger partial charge >= 0.3 is 0 Å². The summed E-state index contributed by atoms with van der Waals surface area (Å²) >= 11 is 0. The summed E-state index contributed by atoms with van der Waals surface area (Å²) in [5.74, 6) is 1.51. The highest BCUT2D eigenvalue weighted by Crippen LogP contribution is 2.33. The van der Waals surface area contributed by atoms with Crippen LogP contribution in [0.5, 0.6) is 5.75 Å². The van der Waals surface area contributed by atoms with Crippen LogP contribution >= 0.6 is 0 Å². The average molecular weight is 262 g/mol. The Bertz CT molecular complexity index is 438. The van der Waals surface area contributed by atoms with Crippen molar-refractivity contribution in [3.8, 4) is 5.75 Å². The molecular formula is C16H26N2O. The summed E-state index contributed by atoms with van der Waals surface area (Å²) in [4.78, 5) is 2.30. The highest BCUT2D eigenvalue weighted by atomic mass is 16.5. The van der Waals surface area contributed by atoms with Crippen LogP contribution in [0.2, 0.25) is 0 Å². The Kier molecular flexibility index (Phi) is 4.16. The molecule has 0 saturated heterocycles. The molecule has 3 nitrogen and oxygen atoms in total. The standard InChI is InChI=1S/C16H26N2O/c1-12(2)13-5-6-15(19-4)14(9-13)10-18(3)11-16(17)7-8-16/h5-6,9,12H,7-8,10-11,17H2,1-4H3. The van der Waals surface area contributed by atoms with E-state index < -0.39 is 0 Å². The number of hydrogen-bond acceptors (Lipinski definition) is 3. The fourth-order valence-corrected chi connectivity index (χ4v) is 2.48. The van der Waals surface area contributed by atoms with Crippen molar-refractivity contribution in [1.82, 2.24) is 4.90 Å². The van der Waals surface area contributed by atoms with Crippen LogP contribution in [-0.4, -0.2) is 31.1 Å². The topological polar surface area (TPSA) is 38.5 Å². The third kappa shape index (κ3) is 3.71. The van der Waals surface area contributed by atoms with Gasteiger partial charge in [-0.15, -0.1) is 0 Å². The highest BCUT2D eigenvalue weighted by molar-refractivity contribution is 5.38. The third-order valence-corrected chi connectivity index (χ3v) is 3.89. The Hall–Kier alpha value is -1.06. The molecule has 0 bridgehead atoms. The molecule has 2 N–H and O–H groups in total. The van der Waals surface area contributed by atoms with E-state index in [-0.39, 0.29) is 5.54 Å². The van der Waals surface area contributed by atoms with Crippen LogP contribution in [0, 0.1) is 0 Å². The number of hydrogen-bond donors (Lipinski definition) is 1. The van der Waals surface area contributed by atoms with Gasteiger partial charge in [-0.1, -0.05) is 26.0 Å². The number of methoxy groups -OCH3 is 1. The van der Waals surface area contributed by atoms with Gasteiger partial charge in [-0.2, -0.15) is 0 Å². The fraction of sp³-hybridized carbons (Fsp3) is 0.625. The van der Waals surface area contributed by atoms with Crippen molar-refractivity contribution >= 4 is 0 Å². The zero-order valence-electron chi connectivity index (χ0n) is 12.6. The van der Waals surface area contributed by atoms with E-state index in [4.69, 9.17) is 10.5 Å². The van der Waals surface area contributed by atoms with Gasteiger partial charge in [-0.3, -0.25) is 0 Å². The summed E-state index contributed by atoms with van der Waals surface area (Å²) in [5.41, 5.74) is 8.85. The van der Waals surface area contributed by atoms with Crippen LogP contribution in [0.3, 0.4) is 0 Å². The third-order valence-electron chi connectivity index (χ3n) is 3.89. The first-order valence-corrected chi connectivity index (χ1v) is 7.08. The SMILES string of the molecule is COc1ccc(C(C)C)cc1CN(C)CC1(N)CC1. The van der Waals surface area contributed by atoms with E-state index in [9.17, 15) is 0 Å². The molecule has 3 heteroatoms. The molecule has 1 saturated carbocycles. The second-order valence-corrected chi connectivity index (χ2v) is 6.26. The predicted octanol–water partition coefficient (Wildman–Crippen LogP) is 2.74. The maximum Gasteiger partial charge on any atom is 0.123 e. The van der Waals surface area contributed by atoms with Gasteiger partial charge in [0, 0.05) is 24.2 Å². The van der Waals surface area contributed by atoms with Gasteiger partial charge in [-0.25, -0.2) is 0 Å². The second kappa shape index (κ2) is 5.51. The lowest BCUT2D eigenvalue weighted by molar-refractivity contribution is 0.289. The van der Waals surface area contributed by atoms with Crippen LogP contribution in [-0.2, 0) is 6.54 Å². The van der Waals surface area contributed by atoms with Crippen molar-refractivity contribution in [2.45, 2.75) is 44.7 Å². The molecule has 19 heavy (non-hydrogen) atoms. The van der Waals surface area contributed by atoms with Gasteiger partial charge in [0.25, 0.3) is 0 Å². The van der Waals surface area contributed by atoms with Gasteiger partial charge in [0.05, 0.1) is 7.11 Å². The Morgan fingerprint density at radius 3 is 2.58 bits per heavy atom. The number of benzene rings is 1. The van der Waals surface area contributed by atoms with Gasteiger partial charge in [0.2, 0.25) is 0 Å². The molecule has 1 aliphatic rings. The van der Waals surface area contributed by atoms with Crippen molar-refractivity contribution in [1.29, 1.82) is 0 Å². The van der Waals surface area contributed by atoms with E-state index in [1.165, 1.54) is 11.1 Å². The van der Waals surface area contributed by atoms with Gasteiger partial charge in [0.1, 0.15) is 5.75 Å². The minimum Gasteiger partial charge on any atom is -0.496 e. The first-order chi connectivity index (χ1) is 8.93. The minimum absolute atomic E-state index is 0.0671. The summed E-state index contributed by atoms with van der Waals surface area (Å²) in [5, 5.41) is 0. The molecule has 0 heterocycles. The molecule has 1 aliphatic carbocycles. The van der Waals surface area contributed by atoms with Crippen LogP contribution in [0.25, 0.3) is 0 Å². The monoisotopic (exact) mass is 262 g/mol. The lowest BCUT2D eigenvalue weighted by Gasteiger charge is -2.22. The Labute approximate surface area is 116 Å². The minimum atomic E-state index is 0.0671. The molecule has 1 aromatic rings. The highest BCUT2D eigenvalue weighted by Gasteiger charge is 2.38. The van der Waals surface area contributed by atoms with E-state index in [1.54, 1.807) is 7.11 Å². The van der Waals surface area contributed by atoms with Crippen molar-refractivity contribution < 1.29 is 4.74 Å². The quantitative estimate of drug-likeness (QED) is 0.856. The molecule has 0 unspecified atom stereocenters. The molecule has 0 amide bonds. The number of nitrogens with two attached hydrogens (primary N) is 1. The first-order valence-electron chi connectivity index (χ1n) is 7.08. The van der Waals surface area contributed by atoms with Crippen LogP contribution in [0.15, 0.2) is 18.2 Å². The molecule has 0 radical (unpaired) electrons. The van der Waals surface area contributed by atoms with Crippen LogP contribution < -0.4 is 10.5 Å². The largest absolute Gasteiger partial charge is 0.496 e. The number of likely N-dealkylation sites (N-methyl/N-ethyl adjacent to an activating group) is 1. The van der Waals surface area contributed by atoms with Crippen LogP contribution in [0.4, 0.5) is 0 Å². The number of nitrogens with zero attached hydrogens (tertiary/aromatic N) is 1. The van der Waals surface area contributed by atoms with Crippen molar-refractivity contribution in [3.63, 3.8) is 0 Å². The lowest BCUT2D eigenvalue weighted by Crippen LogP contribution is -2.36.